The zero-order valence-corrected chi connectivity index (χ0v) is 12.3. The number of carbonyl (C=O) groups is 2. The highest BCUT2D eigenvalue weighted by molar-refractivity contribution is 5.99. The van der Waals surface area contributed by atoms with E-state index in [4.69, 9.17) is 10.5 Å². The number of carbonyl (C=O) groups excluding carboxylic acids is 2. The van der Waals surface area contributed by atoms with E-state index in [1.165, 1.54) is 0 Å². The summed E-state index contributed by atoms with van der Waals surface area (Å²) in [5.41, 5.74) is 8.37. The second-order valence-corrected chi connectivity index (χ2v) is 5.50. The highest BCUT2D eigenvalue weighted by Gasteiger charge is 2.22. The Kier molecular flexibility index (Phi) is 5.33. The summed E-state index contributed by atoms with van der Waals surface area (Å²) in [4.78, 5) is 22.6. The highest BCUT2D eigenvalue weighted by atomic mass is 16.5. The number of Topliss-reactive ketones (excluding diaryl/α,β-unsaturated/α-hetero) is 1. The number of nitrogens with one attached hydrogen (secondary N) is 1. The third-order valence-corrected chi connectivity index (χ3v) is 3.95. The molecule has 0 aromatic heterocycles. The number of hydrogen-bond acceptors (Lipinski definition) is 5. The first-order valence-corrected chi connectivity index (χ1v) is 7.36. The molecule has 114 valence electrons. The maximum Gasteiger partial charge on any atom is 0.293 e. The van der Waals surface area contributed by atoms with Gasteiger partial charge in [0.1, 0.15) is 6.10 Å². The number of fused-ring (bicyclic) bond motifs is 1. The number of anilines is 1. The third kappa shape index (κ3) is 3.82. The fraction of sp³-hybridized carbons (Fsp3) is 0.500. The average Bonchev–Trinajstić information content (AvgIpc) is 2.63. The molecule has 5 nitrogen and oxygen atoms in total. The van der Waals surface area contributed by atoms with E-state index in [0.29, 0.717) is 13.0 Å². The van der Waals surface area contributed by atoms with Crippen LogP contribution >= 0.6 is 0 Å². The van der Waals surface area contributed by atoms with E-state index in [-0.39, 0.29) is 24.3 Å². The quantitative estimate of drug-likeness (QED) is 0.616. The fourth-order valence-electron chi connectivity index (χ4n) is 2.64. The van der Waals surface area contributed by atoms with Crippen LogP contribution in [0.3, 0.4) is 0 Å². The SMILES string of the molecule is CC1CCCc2cc(NC[C@H](CN)OC=O)ccc2C1=O. The topological polar surface area (TPSA) is 81.4 Å². The van der Waals surface area contributed by atoms with Crippen molar-refractivity contribution in [3.05, 3.63) is 29.3 Å². The highest BCUT2D eigenvalue weighted by Crippen LogP contribution is 2.26. The van der Waals surface area contributed by atoms with Crippen LogP contribution in [0.2, 0.25) is 0 Å². The van der Waals surface area contributed by atoms with E-state index >= 15 is 0 Å². The summed E-state index contributed by atoms with van der Waals surface area (Å²) < 4.78 is 4.85. The predicted octanol–water partition coefficient (Wildman–Crippen LogP) is 1.75. The standard InChI is InChI=1S/C16H22N2O3/c1-11-3-2-4-12-7-13(5-6-15(12)16(11)20)18-9-14(8-17)21-10-19/h5-7,10-11,14,18H,2-4,8-9,17H2,1H3/t11?,14-/m0/s1. The molecule has 1 unspecified atom stereocenters. The lowest BCUT2D eigenvalue weighted by Crippen LogP contribution is -2.30. The number of benzene rings is 1. The average molecular weight is 290 g/mol. The molecule has 0 radical (unpaired) electrons. The zero-order chi connectivity index (χ0) is 15.2. The van der Waals surface area contributed by atoms with Crippen LogP contribution in [-0.4, -0.2) is 31.4 Å². The van der Waals surface area contributed by atoms with Crippen molar-refractivity contribution < 1.29 is 14.3 Å². The molecule has 0 saturated carbocycles. The monoisotopic (exact) mass is 290 g/mol. The van der Waals surface area contributed by atoms with E-state index in [1.54, 1.807) is 0 Å². The lowest BCUT2D eigenvalue weighted by atomic mass is 9.96. The molecule has 0 bridgehead atoms. The first kappa shape index (κ1) is 15.5. The third-order valence-electron chi connectivity index (χ3n) is 3.95. The van der Waals surface area contributed by atoms with E-state index in [9.17, 15) is 9.59 Å². The Labute approximate surface area is 124 Å². The number of rotatable bonds is 6. The second-order valence-electron chi connectivity index (χ2n) is 5.50. The molecule has 2 rings (SSSR count). The maximum atomic E-state index is 12.2. The number of ketones is 1. The molecule has 1 aliphatic carbocycles. The van der Waals surface area contributed by atoms with Crippen LogP contribution in [0.25, 0.3) is 0 Å². The minimum absolute atomic E-state index is 0.104. The van der Waals surface area contributed by atoms with Crippen molar-refractivity contribution in [3.8, 4) is 0 Å². The summed E-state index contributed by atoms with van der Waals surface area (Å²) in [6, 6.07) is 5.79. The molecule has 0 amide bonds. The van der Waals surface area contributed by atoms with E-state index < -0.39 is 0 Å². The molecule has 0 aliphatic heterocycles. The molecule has 3 N–H and O–H groups in total. The number of ether oxygens (including phenoxy) is 1. The predicted molar refractivity (Wildman–Crippen MR) is 81.4 cm³/mol. The van der Waals surface area contributed by atoms with Crippen LogP contribution < -0.4 is 11.1 Å². The molecule has 2 atom stereocenters. The van der Waals surface area contributed by atoms with Gasteiger partial charge in [-0.3, -0.25) is 9.59 Å². The normalized spacial score (nSPS) is 19.3. The maximum absolute atomic E-state index is 12.2. The van der Waals surface area contributed by atoms with Gasteiger partial charge in [0.25, 0.3) is 6.47 Å². The van der Waals surface area contributed by atoms with Gasteiger partial charge in [0.2, 0.25) is 0 Å². The lowest BCUT2D eigenvalue weighted by Gasteiger charge is -2.16. The Morgan fingerprint density at radius 3 is 3.05 bits per heavy atom. The smallest absolute Gasteiger partial charge is 0.293 e. The Bertz CT molecular complexity index is 516. The molecule has 0 saturated heterocycles. The van der Waals surface area contributed by atoms with Crippen LogP contribution in [0, 0.1) is 5.92 Å². The van der Waals surface area contributed by atoms with Gasteiger partial charge in [0.05, 0.1) is 6.54 Å². The Morgan fingerprint density at radius 1 is 1.52 bits per heavy atom. The van der Waals surface area contributed by atoms with Gasteiger partial charge in [-0.05, 0) is 43.0 Å². The minimum atomic E-state index is -0.344. The van der Waals surface area contributed by atoms with Crippen molar-refractivity contribution in [2.45, 2.75) is 32.3 Å². The Hall–Kier alpha value is -1.88. The van der Waals surface area contributed by atoms with Crippen LogP contribution in [0.1, 0.15) is 35.7 Å². The molecular formula is C16H22N2O3. The minimum Gasteiger partial charge on any atom is -0.461 e. The molecule has 0 heterocycles. The van der Waals surface area contributed by atoms with Crippen molar-refractivity contribution in [1.29, 1.82) is 0 Å². The zero-order valence-electron chi connectivity index (χ0n) is 12.3. The summed E-state index contributed by atoms with van der Waals surface area (Å²) in [6.07, 6.45) is 2.55. The van der Waals surface area contributed by atoms with Gasteiger partial charge >= 0.3 is 0 Å². The Balaban J connectivity index is 2.08. The lowest BCUT2D eigenvalue weighted by molar-refractivity contribution is -0.132. The fourth-order valence-corrected chi connectivity index (χ4v) is 2.64. The van der Waals surface area contributed by atoms with Gasteiger partial charge < -0.3 is 15.8 Å². The van der Waals surface area contributed by atoms with E-state index in [0.717, 1.165) is 36.1 Å². The summed E-state index contributed by atoms with van der Waals surface area (Å²) in [7, 11) is 0. The second kappa shape index (κ2) is 7.22. The molecule has 21 heavy (non-hydrogen) atoms. The van der Waals surface area contributed by atoms with Crippen LogP contribution in [0.15, 0.2) is 18.2 Å². The molecule has 1 aromatic carbocycles. The molecule has 0 fully saturated rings. The molecule has 1 aromatic rings. The first-order chi connectivity index (χ1) is 10.2. The summed E-state index contributed by atoms with van der Waals surface area (Å²) >= 11 is 0. The van der Waals surface area contributed by atoms with E-state index in [2.05, 4.69) is 5.32 Å². The summed E-state index contributed by atoms with van der Waals surface area (Å²) in [5, 5.41) is 3.20. The van der Waals surface area contributed by atoms with Gasteiger partial charge in [0.15, 0.2) is 5.78 Å². The molecule has 1 aliphatic rings. The van der Waals surface area contributed by atoms with Gasteiger partial charge in [-0.1, -0.05) is 6.92 Å². The van der Waals surface area contributed by atoms with Crippen molar-refractivity contribution in [2.24, 2.45) is 11.7 Å². The largest absolute Gasteiger partial charge is 0.461 e. The van der Waals surface area contributed by atoms with Crippen LogP contribution in [0.4, 0.5) is 5.69 Å². The number of nitrogens with two attached hydrogens (primary N) is 1. The summed E-state index contributed by atoms with van der Waals surface area (Å²) in [6.45, 7) is 3.13. The van der Waals surface area contributed by atoms with Gasteiger partial charge in [-0.25, -0.2) is 0 Å². The van der Waals surface area contributed by atoms with Crippen LogP contribution in [-0.2, 0) is 16.0 Å². The molecule has 0 spiro atoms. The number of aryl methyl sites for hydroxylation is 1. The molecule has 5 heteroatoms. The van der Waals surface area contributed by atoms with Gasteiger partial charge in [-0.15, -0.1) is 0 Å². The van der Waals surface area contributed by atoms with Gasteiger partial charge in [-0.2, -0.15) is 0 Å². The van der Waals surface area contributed by atoms with Crippen molar-refractivity contribution in [3.63, 3.8) is 0 Å². The van der Waals surface area contributed by atoms with Crippen molar-refractivity contribution in [2.75, 3.05) is 18.4 Å². The van der Waals surface area contributed by atoms with Crippen molar-refractivity contribution in [1.82, 2.24) is 0 Å². The summed E-state index contributed by atoms with van der Waals surface area (Å²) in [5.74, 6) is 0.339. The van der Waals surface area contributed by atoms with Crippen LogP contribution in [0.5, 0.6) is 0 Å². The van der Waals surface area contributed by atoms with Gasteiger partial charge in [0, 0.05) is 23.7 Å². The molecular weight excluding hydrogens is 268 g/mol. The Morgan fingerprint density at radius 2 is 2.33 bits per heavy atom. The van der Waals surface area contributed by atoms with E-state index in [1.807, 2.05) is 25.1 Å². The first-order valence-electron chi connectivity index (χ1n) is 7.36. The van der Waals surface area contributed by atoms with Crippen molar-refractivity contribution >= 4 is 17.9 Å². The number of hydrogen-bond donors (Lipinski definition) is 2.